The summed E-state index contributed by atoms with van der Waals surface area (Å²) in [4.78, 5) is 2.53. The van der Waals surface area contributed by atoms with Crippen LogP contribution in [0.5, 0.6) is 0 Å². The first-order chi connectivity index (χ1) is 8.06. The van der Waals surface area contributed by atoms with Crippen LogP contribution in [0.1, 0.15) is 25.8 Å². The van der Waals surface area contributed by atoms with E-state index in [9.17, 15) is 0 Å². The third-order valence-electron chi connectivity index (χ3n) is 3.48. The van der Waals surface area contributed by atoms with Gasteiger partial charge in [-0.15, -0.1) is 0 Å². The zero-order valence-corrected chi connectivity index (χ0v) is 12.4. The first-order valence-corrected chi connectivity index (χ1v) is 7.12. The standard InChI is InChI=1S/C14H21BrN2/c1-10(2)17-7-6-13(9-17)16-12-4-5-14(15)11(3)8-12/h4-5,8,10,13,16H,6-7,9H2,1-3H3. The number of hydrogen-bond donors (Lipinski definition) is 1. The SMILES string of the molecule is Cc1cc(NC2CCN(C(C)C)C2)ccc1Br. The summed E-state index contributed by atoms with van der Waals surface area (Å²) in [6.07, 6.45) is 1.24. The van der Waals surface area contributed by atoms with E-state index >= 15 is 0 Å². The fraction of sp³-hybridized carbons (Fsp3) is 0.571. The van der Waals surface area contributed by atoms with E-state index in [-0.39, 0.29) is 0 Å². The Labute approximate surface area is 113 Å². The van der Waals surface area contributed by atoms with Crippen molar-refractivity contribution in [3.63, 3.8) is 0 Å². The van der Waals surface area contributed by atoms with Crippen LogP contribution in [0.25, 0.3) is 0 Å². The molecule has 2 rings (SSSR count). The second-order valence-corrected chi connectivity index (χ2v) is 6.04. The number of nitrogens with one attached hydrogen (secondary N) is 1. The smallest absolute Gasteiger partial charge is 0.0400 e. The van der Waals surface area contributed by atoms with E-state index in [1.54, 1.807) is 0 Å². The second kappa shape index (κ2) is 5.40. The number of benzene rings is 1. The second-order valence-electron chi connectivity index (χ2n) is 5.18. The van der Waals surface area contributed by atoms with Crippen LogP contribution < -0.4 is 5.32 Å². The van der Waals surface area contributed by atoms with Crippen LogP contribution in [0.4, 0.5) is 5.69 Å². The summed E-state index contributed by atoms with van der Waals surface area (Å²) in [6.45, 7) is 9.04. The highest BCUT2D eigenvalue weighted by atomic mass is 79.9. The molecule has 1 unspecified atom stereocenters. The molecular formula is C14H21BrN2. The first kappa shape index (κ1) is 12.9. The molecule has 0 aromatic heterocycles. The summed E-state index contributed by atoms with van der Waals surface area (Å²) >= 11 is 3.53. The molecule has 1 aliphatic heterocycles. The molecule has 1 aromatic rings. The van der Waals surface area contributed by atoms with Gasteiger partial charge in [-0.3, -0.25) is 4.90 Å². The van der Waals surface area contributed by atoms with Gasteiger partial charge in [-0.25, -0.2) is 0 Å². The van der Waals surface area contributed by atoms with Gasteiger partial charge < -0.3 is 5.32 Å². The fourth-order valence-electron chi connectivity index (χ4n) is 2.34. The average molecular weight is 297 g/mol. The number of hydrogen-bond acceptors (Lipinski definition) is 2. The Morgan fingerprint density at radius 1 is 1.41 bits per heavy atom. The molecule has 1 aliphatic rings. The summed E-state index contributed by atoms with van der Waals surface area (Å²) in [5.74, 6) is 0. The van der Waals surface area contributed by atoms with Gasteiger partial charge in [0, 0.05) is 35.3 Å². The van der Waals surface area contributed by atoms with Crippen LogP contribution >= 0.6 is 15.9 Å². The van der Waals surface area contributed by atoms with Gasteiger partial charge in [0.05, 0.1) is 0 Å². The number of halogens is 1. The van der Waals surface area contributed by atoms with E-state index in [1.807, 2.05) is 0 Å². The molecular weight excluding hydrogens is 276 g/mol. The van der Waals surface area contributed by atoms with Crippen molar-refractivity contribution in [1.82, 2.24) is 4.90 Å². The number of rotatable bonds is 3. The summed E-state index contributed by atoms with van der Waals surface area (Å²) < 4.78 is 1.18. The van der Waals surface area contributed by atoms with Crippen molar-refractivity contribution in [3.8, 4) is 0 Å². The van der Waals surface area contributed by atoms with Crippen LogP contribution in [0.2, 0.25) is 0 Å². The first-order valence-electron chi connectivity index (χ1n) is 6.33. The highest BCUT2D eigenvalue weighted by Gasteiger charge is 2.23. The lowest BCUT2D eigenvalue weighted by atomic mass is 10.2. The van der Waals surface area contributed by atoms with Gasteiger partial charge in [-0.05, 0) is 51.0 Å². The van der Waals surface area contributed by atoms with Crippen molar-refractivity contribution in [3.05, 3.63) is 28.2 Å². The van der Waals surface area contributed by atoms with Gasteiger partial charge in [-0.2, -0.15) is 0 Å². The summed E-state index contributed by atoms with van der Waals surface area (Å²) in [6, 6.07) is 7.73. The maximum absolute atomic E-state index is 3.63. The molecule has 0 saturated carbocycles. The number of likely N-dealkylation sites (tertiary alicyclic amines) is 1. The van der Waals surface area contributed by atoms with Crippen LogP contribution in [0.15, 0.2) is 22.7 Å². The Bertz CT molecular complexity index is 390. The van der Waals surface area contributed by atoms with Crippen molar-refractivity contribution in [1.29, 1.82) is 0 Å². The van der Waals surface area contributed by atoms with Gasteiger partial charge >= 0.3 is 0 Å². The van der Waals surface area contributed by atoms with Gasteiger partial charge in [-0.1, -0.05) is 15.9 Å². The summed E-state index contributed by atoms with van der Waals surface area (Å²) in [5, 5.41) is 3.63. The number of aryl methyl sites for hydroxylation is 1. The van der Waals surface area contributed by atoms with Crippen LogP contribution in [0, 0.1) is 6.92 Å². The monoisotopic (exact) mass is 296 g/mol. The van der Waals surface area contributed by atoms with Gasteiger partial charge in [0.15, 0.2) is 0 Å². The van der Waals surface area contributed by atoms with E-state index < -0.39 is 0 Å². The van der Waals surface area contributed by atoms with E-state index in [1.165, 1.54) is 28.7 Å². The molecule has 1 aromatic carbocycles. The van der Waals surface area contributed by atoms with Crippen molar-refractivity contribution < 1.29 is 0 Å². The van der Waals surface area contributed by atoms with Crippen LogP contribution in [-0.4, -0.2) is 30.1 Å². The normalized spacial score (nSPS) is 21.1. The lowest BCUT2D eigenvalue weighted by molar-refractivity contribution is 0.274. The predicted octanol–water partition coefficient (Wildman–Crippen LogP) is 3.65. The lowest BCUT2D eigenvalue weighted by Crippen LogP contribution is -2.31. The minimum absolute atomic E-state index is 0.595. The Kier molecular flexibility index (Phi) is 4.10. The third-order valence-corrected chi connectivity index (χ3v) is 4.37. The minimum Gasteiger partial charge on any atom is -0.381 e. The van der Waals surface area contributed by atoms with Crippen LogP contribution in [-0.2, 0) is 0 Å². The molecule has 0 aliphatic carbocycles. The summed E-state index contributed by atoms with van der Waals surface area (Å²) in [5.41, 5.74) is 2.52. The molecule has 1 heterocycles. The van der Waals surface area contributed by atoms with Crippen molar-refractivity contribution in [2.45, 2.75) is 39.3 Å². The topological polar surface area (TPSA) is 15.3 Å². The molecule has 1 atom stereocenters. The lowest BCUT2D eigenvalue weighted by Gasteiger charge is -2.21. The summed E-state index contributed by atoms with van der Waals surface area (Å²) in [7, 11) is 0. The van der Waals surface area contributed by atoms with E-state index in [4.69, 9.17) is 0 Å². The van der Waals surface area contributed by atoms with E-state index in [0.29, 0.717) is 12.1 Å². The van der Waals surface area contributed by atoms with E-state index in [2.05, 4.69) is 65.1 Å². The largest absolute Gasteiger partial charge is 0.381 e. The number of nitrogens with zero attached hydrogens (tertiary/aromatic N) is 1. The highest BCUT2D eigenvalue weighted by Crippen LogP contribution is 2.22. The molecule has 94 valence electrons. The zero-order valence-electron chi connectivity index (χ0n) is 10.8. The van der Waals surface area contributed by atoms with Crippen molar-refractivity contribution in [2.24, 2.45) is 0 Å². The van der Waals surface area contributed by atoms with Gasteiger partial charge in [0.25, 0.3) is 0 Å². The molecule has 1 saturated heterocycles. The van der Waals surface area contributed by atoms with Crippen molar-refractivity contribution in [2.75, 3.05) is 18.4 Å². The predicted molar refractivity (Wildman–Crippen MR) is 77.6 cm³/mol. The maximum Gasteiger partial charge on any atom is 0.0400 e. The molecule has 1 fully saturated rings. The molecule has 0 amide bonds. The molecule has 3 heteroatoms. The third kappa shape index (κ3) is 3.23. The Morgan fingerprint density at radius 2 is 2.18 bits per heavy atom. The molecule has 0 bridgehead atoms. The quantitative estimate of drug-likeness (QED) is 0.916. The minimum atomic E-state index is 0.595. The highest BCUT2D eigenvalue weighted by molar-refractivity contribution is 9.10. The van der Waals surface area contributed by atoms with Crippen molar-refractivity contribution >= 4 is 21.6 Å². The number of anilines is 1. The molecule has 1 N–H and O–H groups in total. The zero-order chi connectivity index (χ0) is 12.4. The molecule has 0 radical (unpaired) electrons. The van der Waals surface area contributed by atoms with Gasteiger partial charge in [0.2, 0.25) is 0 Å². The molecule has 17 heavy (non-hydrogen) atoms. The Hall–Kier alpha value is -0.540. The maximum atomic E-state index is 3.63. The average Bonchev–Trinajstić information content (AvgIpc) is 2.72. The van der Waals surface area contributed by atoms with Crippen LogP contribution in [0.3, 0.4) is 0 Å². The Balaban J connectivity index is 1.96. The fourth-order valence-corrected chi connectivity index (χ4v) is 2.59. The Morgan fingerprint density at radius 3 is 2.76 bits per heavy atom. The molecule has 0 spiro atoms. The van der Waals surface area contributed by atoms with Gasteiger partial charge in [0.1, 0.15) is 0 Å². The molecule has 2 nitrogen and oxygen atoms in total. The van der Waals surface area contributed by atoms with E-state index in [0.717, 1.165) is 6.54 Å².